The predicted molar refractivity (Wildman–Crippen MR) is 69.7 cm³/mol. The maximum Gasteiger partial charge on any atom is 0.251 e. The molecule has 1 aromatic rings. The van der Waals surface area contributed by atoms with E-state index in [0.29, 0.717) is 5.56 Å². The molecular formula is C12H17NO3S. The van der Waals surface area contributed by atoms with Crippen LogP contribution < -0.4 is 5.32 Å². The van der Waals surface area contributed by atoms with Gasteiger partial charge in [0.05, 0.1) is 0 Å². The molecule has 1 rings (SSSR count). The molecule has 1 unspecified atom stereocenters. The lowest BCUT2D eigenvalue weighted by atomic mass is 10.1. The van der Waals surface area contributed by atoms with Crippen LogP contribution in [0.15, 0.2) is 18.2 Å². The van der Waals surface area contributed by atoms with Gasteiger partial charge in [0.1, 0.15) is 0 Å². The normalized spacial score (nSPS) is 12.1. The standard InChI is InChI=1S/C12H17NO3S/c1-3-9(7-17-2)13-12(16)8-4-5-10(14)11(15)6-8/h4-6,9,14-15H,3,7H2,1-2H3,(H,13,16). The Kier molecular flexibility index (Phi) is 5.15. The SMILES string of the molecule is CCC(CSC)NC(=O)c1ccc(O)c(O)c1. The number of nitrogens with one attached hydrogen (secondary N) is 1. The Morgan fingerprint density at radius 1 is 1.41 bits per heavy atom. The summed E-state index contributed by atoms with van der Waals surface area (Å²) in [6.45, 7) is 2.01. The molecule has 0 heterocycles. The summed E-state index contributed by atoms with van der Waals surface area (Å²) < 4.78 is 0. The Hall–Kier alpha value is -1.36. The van der Waals surface area contributed by atoms with Crippen LogP contribution in [-0.4, -0.2) is 34.2 Å². The van der Waals surface area contributed by atoms with Gasteiger partial charge in [0.25, 0.3) is 5.91 Å². The molecule has 0 saturated carbocycles. The zero-order chi connectivity index (χ0) is 12.8. The number of rotatable bonds is 5. The monoisotopic (exact) mass is 255 g/mol. The predicted octanol–water partition coefficient (Wildman–Crippen LogP) is 1.97. The van der Waals surface area contributed by atoms with Crippen LogP contribution in [0.3, 0.4) is 0 Å². The van der Waals surface area contributed by atoms with E-state index < -0.39 is 0 Å². The summed E-state index contributed by atoms with van der Waals surface area (Å²) in [5.41, 5.74) is 0.347. The van der Waals surface area contributed by atoms with Crippen molar-refractivity contribution in [1.82, 2.24) is 5.32 Å². The molecule has 17 heavy (non-hydrogen) atoms. The van der Waals surface area contributed by atoms with Crippen molar-refractivity contribution in [3.8, 4) is 11.5 Å². The molecule has 0 aliphatic heterocycles. The van der Waals surface area contributed by atoms with Crippen molar-refractivity contribution in [3.63, 3.8) is 0 Å². The van der Waals surface area contributed by atoms with E-state index in [2.05, 4.69) is 5.32 Å². The van der Waals surface area contributed by atoms with E-state index in [1.807, 2.05) is 13.2 Å². The summed E-state index contributed by atoms with van der Waals surface area (Å²) in [6, 6.07) is 4.17. The van der Waals surface area contributed by atoms with Crippen LogP contribution in [0.2, 0.25) is 0 Å². The molecule has 1 amide bonds. The quantitative estimate of drug-likeness (QED) is 0.704. The van der Waals surface area contributed by atoms with Crippen molar-refractivity contribution in [2.24, 2.45) is 0 Å². The topological polar surface area (TPSA) is 69.6 Å². The number of thioether (sulfide) groups is 1. The molecule has 94 valence electrons. The maximum atomic E-state index is 11.8. The molecule has 5 heteroatoms. The molecule has 3 N–H and O–H groups in total. The lowest BCUT2D eigenvalue weighted by molar-refractivity contribution is 0.0939. The van der Waals surface area contributed by atoms with Crippen LogP contribution in [0.5, 0.6) is 11.5 Å². The summed E-state index contributed by atoms with van der Waals surface area (Å²) in [4.78, 5) is 11.8. The van der Waals surface area contributed by atoms with Crippen molar-refractivity contribution in [2.75, 3.05) is 12.0 Å². The molecule has 0 aromatic heterocycles. The van der Waals surface area contributed by atoms with Crippen LogP contribution >= 0.6 is 11.8 Å². The molecular weight excluding hydrogens is 238 g/mol. The molecule has 0 aliphatic rings. The van der Waals surface area contributed by atoms with Gasteiger partial charge < -0.3 is 15.5 Å². The smallest absolute Gasteiger partial charge is 0.251 e. The highest BCUT2D eigenvalue weighted by molar-refractivity contribution is 7.98. The second-order valence-corrected chi connectivity index (χ2v) is 4.65. The Morgan fingerprint density at radius 2 is 2.12 bits per heavy atom. The largest absolute Gasteiger partial charge is 0.504 e. The molecule has 0 radical (unpaired) electrons. The van der Waals surface area contributed by atoms with Gasteiger partial charge in [-0.3, -0.25) is 4.79 Å². The van der Waals surface area contributed by atoms with E-state index in [0.717, 1.165) is 12.2 Å². The van der Waals surface area contributed by atoms with Gasteiger partial charge in [-0.2, -0.15) is 11.8 Å². The van der Waals surface area contributed by atoms with Crippen molar-refractivity contribution < 1.29 is 15.0 Å². The minimum atomic E-state index is -0.282. The third-order valence-corrected chi connectivity index (χ3v) is 3.17. The molecule has 4 nitrogen and oxygen atoms in total. The summed E-state index contributed by atoms with van der Waals surface area (Å²) >= 11 is 1.67. The van der Waals surface area contributed by atoms with Crippen molar-refractivity contribution in [2.45, 2.75) is 19.4 Å². The van der Waals surface area contributed by atoms with Crippen LogP contribution in [0.1, 0.15) is 23.7 Å². The first kappa shape index (κ1) is 13.7. The third-order valence-electron chi connectivity index (χ3n) is 2.43. The number of benzene rings is 1. The van der Waals surface area contributed by atoms with E-state index in [9.17, 15) is 9.90 Å². The van der Waals surface area contributed by atoms with Crippen LogP contribution in [0.25, 0.3) is 0 Å². The van der Waals surface area contributed by atoms with Gasteiger partial charge in [0.2, 0.25) is 0 Å². The van der Waals surface area contributed by atoms with E-state index >= 15 is 0 Å². The fraction of sp³-hybridized carbons (Fsp3) is 0.417. The first-order valence-corrected chi connectivity index (χ1v) is 6.79. The van der Waals surface area contributed by atoms with Crippen molar-refractivity contribution >= 4 is 17.7 Å². The first-order chi connectivity index (χ1) is 8.08. The first-order valence-electron chi connectivity index (χ1n) is 5.40. The minimum absolute atomic E-state index is 0.119. The lowest BCUT2D eigenvalue weighted by Gasteiger charge is -2.15. The number of hydrogen-bond donors (Lipinski definition) is 3. The number of phenols is 2. The fourth-order valence-corrected chi connectivity index (χ4v) is 2.12. The Morgan fingerprint density at radius 3 is 2.65 bits per heavy atom. The van der Waals surface area contributed by atoms with Gasteiger partial charge in [0.15, 0.2) is 11.5 Å². The summed E-state index contributed by atoms with van der Waals surface area (Å²) in [6.07, 6.45) is 2.85. The van der Waals surface area contributed by atoms with Gasteiger partial charge >= 0.3 is 0 Å². The van der Waals surface area contributed by atoms with Crippen molar-refractivity contribution in [3.05, 3.63) is 23.8 Å². The molecule has 0 saturated heterocycles. The second-order valence-electron chi connectivity index (χ2n) is 3.74. The number of carbonyl (C=O) groups excluding carboxylic acids is 1. The third kappa shape index (κ3) is 3.85. The Labute approximate surface area is 105 Å². The molecule has 1 aromatic carbocycles. The maximum absolute atomic E-state index is 11.8. The van der Waals surface area contributed by atoms with Gasteiger partial charge in [0, 0.05) is 17.4 Å². The fourth-order valence-electron chi connectivity index (χ4n) is 1.40. The second kappa shape index (κ2) is 6.39. The van der Waals surface area contributed by atoms with E-state index in [4.69, 9.17) is 5.11 Å². The van der Waals surface area contributed by atoms with Gasteiger partial charge in [-0.15, -0.1) is 0 Å². The molecule has 1 atom stereocenters. The number of carbonyl (C=O) groups is 1. The van der Waals surface area contributed by atoms with Gasteiger partial charge in [-0.05, 0) is 30.9 Å². The zero-order valence-corrected chi connectivity index (χ0v) is 10.8. The van der Waals surface area contributed by atoms with Crippen LogP contribution in [-0.2, 0) is 0 Å². The minimum Gasteiger partial charge on any atom is -0.504 e. The summed E-state index contributed by atoms with van der Waals surface area (Å²) in [5, 5.41) is 21.3. The average Bonchev–Trinajstić information content (AvgIpc) is 2.31. The molecule has 0 fully saturated rings. The Balaban J connectivity index is 2.72. The molecule has 0 spiro atoms. The van der Waals surface area contributed by atoms with E-state index in [1.54, 1.807) is 11.8 Å². The zero-order valence-electron chi connectivity index (χ0n) is 9.93. The summed E-state index contributed by atoms with van der Waals surface area (Å²) in [7, 11) is 0. The Bertz CT molecular complexity index is 395. The molecule has 0 bridgehead atoms. The van der Waals surface area contributed by atoms with E-state index in [1.165, 1.54) is 18.2 Å². The number of aromatic hydroxyl groups is 2. The number of phenolic OH excluding ortho intramolecular Hbond substituents is 2. The van der Waals surface area contributed by atoms with Crippen molar-refractivity contribution in [1.29, 1.82) is 0 Å². The number of amides is 1. The number of hydrogen-bond acceptors (Lipinski definition) is 4. The van der Waals surface area contributed by atoms with Gasteiger partial charge in [-0.1, -0.05) is 6.92 Å². The van der Waals surface area contributed by atoms with Crippen LogP contribution in [0, 0.1) is 0 Å². The van der Waals surface area contributed by atoms with E-state index in [-0.39, 0.29) is 23.4 Å². The lowest BCUT2D eigenvalue weighted by Crippen LogP contribution is -2.36. The van der Waals surface area contributed by atoms with Crippen LogP contribution in [0.4, 0.5) is 0 Å². The molecule has 0 aliphatic carbocycles. The van der Waals surface area contributed by atoms with Gasteiger partial charge in [-0.25, -0.2) is 0 Å². The highest BCUT2D eigenvalue weighted by Crippen LogP contribution is 2.24. The highest BCUT2D eigenvalue weighted by Gasteiger charge is 2.13. The average molecular weight is 255 g/mol. The highest BCUT2D eigenvalue weighted by atomic mass is 32.2. The summed E-state index contributed by atoms with van der Waals surface area (Å²) in [5.74, 6) is 0.112.